The van der Waals surface area contributed by atoms with Crippen molar-refractivity contribution in [1.82, 2.24) is 15.2 Å². The molecule has 2 aromatic rings. The second kappa shape index (κ2) is 3.91. The van der Waals surface area contributed by atoms with Crippen LogP contribution in [0.25, 0.3) is 0 Å². The minimum atomic E-state index is -0.744. The van der Waals surface area contributed by atoms with Crippen LogP contribution in [-0.2, 0) is 4.79 Å². The van der Waals surface area contributed by atoms with E-state index in [-0.39, 0.29) is 10.5 Å². The third-order valence-corrected chi connectivity index (χ3v) is 3.29. The number of carbonyl (C=O) groups is 2. The molecule has 1 aliphatic rings. The summed E-state index contributed by atoms with van der Waals surface area (Å²) in [6, 6.07) is 2.45. The minimum Gasteiger partial charge on any atom is -0.318 e. The van der Waals surface area contributed by atoms with Crippen LogP contribution in [0.5, 0.6) is 0 Å². The molecule has 18 heavy (non-hydrogen) atoms. The summed E-state index contributed by atoms with van der Waals surface area (Å²) in [6.07, 6.45) is 1.30. The van der Waals surface area contributed by atoms with E-state index < -0.39 is 17.5 Å². The lowest BCUT2D eigenvalue weighted by atomic mass is 10.1. The summed E-state index contributed by atoms with van der Waals surface area (Å²) in [6.45, 7) is 0. The van der Waals surface area contributed by atoms with E-state index in [2.05, 4.69) is 20.5 Å². The average molecular weight is 264 g/mol. The number of ketones is 1. The normalized spacial score (nSPS) is 13.6. The van der Waals surface area contributed by atoms with Crippen LogP contribution in [0, 0.1) is 5.82 Å². The van der Waals surface area contributed by atoms with Crippen LogP contribution in [0.2, 0.25) is 0 Å². The van der Waals surface area contributed by atoms with Gasteiger partial charge >= 0.3 is 0 Å². The smallest absolute Gasteiger partial charge is 0.296 e. The van der Waals surface area contributed by atoms with Gasteiger partial charge in [0.25, 0.3) is 11.7 Å². The van der Waals surface area contributed by atoms with Crippen molar-refractivity contribution in [3.8, 4) is 0 Å². The Labute approximate surface area is 104 Å². The molecular formula is C10H5FN4O2S. The van der Waals surface area contributed by atoms with Crippen molar-refractivity contribution in [2.45, 2.75) is 10.1 Å². The topological polar surface area (TPSA) is 87.7 Å². The van der Waals surface area contributed by atoms with Crippen molar-refractivity contribution in [2.24, 2.45) is 0 Å². The van der Waals surface area contributed by atoms with E-state index in [4.69, 9.17) is 0 Å². The van der Waals surface area contributed by atoms with Crippen LogP contribution in [0.3, 0.4) is 0 Å². The fourth-order valence-corrected chi connectivity index (χ4v) is 2.31. The summed E-state index contributed by atoms with van der Waals surface area (Å²) >= 11 is 1.02. The Hall–Kier alpha value is -2.22. The predicted octanol–water partition coefficient (Wildman–Crippen LogP) is 1.23. The molecule has 0 radical (unpaired) electrons. The highest BCUT2D eigenvalue weighted by molar-refractivity contribution is 7.99. The first-order valence-electron chi connectivity index (χ1n) is 4.87. The predicted molar refractivity (Wildman–Crippen MR) is 59.9 cm³/mol. The summed E-state index contributed by atoms with van der Waals surface area (Å²) in [5.41, 5.74) is 0.368. The maximum absolute atomic E-state index is 13.8. The number of aromatic nitrogens is 3. The molecule has 0 unspecified atom stereocenters. The van der Waals surface area contributed by atoms with Crippen LogP contribution >= 0.6 is 11.8 Å². The molecule has 6 nitrogen and oxygen atoms in total. The highest BCUT2D eigenvalue weighted by Crippen LogP contribution is 2.33. The molecule has 1 aliphatic heterocycles. The molecule has 0 fully saturated rings. The van der Waals surface area contributed by atoms with E-state index in [1.54, 1.807) is 0 Å². The number of amides is 1. The third kappa shape index (κ3) is 1.66. The fourth-order valence-electron chi connectivity index (χ4n) is 1.57. The molecule has 90 valence electrons. The first-order valence-corrected chi connectivity index (χ1v) is 5.69. The van der Waals surface area contributed by atoms with Gasteiger partial charge in [-0.1, -0.05) is 0 Å². The van der Waals surface area contributed by atoms with Crippen molar-refractivity contribution in [1.29, 1.82) is 0 Å². The highest BCUT2D eigenvalue weighted by atomic mass is 32.2. The summed E-state index contributed by atoms with van der Waals surface area (Å²) in [7, 11) is 0. The number of hydrogen-bond acceptors (Lipinski definition) is 5. The van der Waals surface area contributed by atoms with Crippen LogP contribution < -0.4 is 5.32 Å². The first-order chi connectivity index (χ1) is 8.65. The van der Waals surface area contributed by atoms with Crippen molar-refractivity contribution >= 4 is 29.1 Å². The molecule has 0 atom stereocenters. The third-order valence-electron chi connectivity index (χ3n) is 2.37. The zero-order valence-electron chi connectivity index (χ0n) is 8.73. The number of fused-ring (bicyclic) bond motifs is 1. The van der Waals surface area contributed by atoms with E-state index in [0.717, 1.165) is 17.8 Å². The van der Waals surface area contributed by atoms with Gasteiger partial charge in [0.1, 0.15) is 12.1 Å². The van der Waals surface area contributed by atoms with Crippen LogP contribution in [0.4, 0.5) is 10.1 Å². The van der Waals surface area contributed by atoms with E-state index in [9.17, 15) is 14.0 Å². The van der Waals surface area contributed by atoms with E-state index in [1.165, 1.54) is 12.4 Å². The number of halogens is 1. The Bertz CT molecular complexity index is 656. The largest absolute Gasteiger partial charge is 0.318 e. The molecule has 1 amide bonds. The molecule has 8 heteroatoms. The Morgan fingerprint density at radius 2 is 2.11 bits per heavy atom. The summed E-state index contributed by atoms with van der Waals surface area (Å²) < 4.78 is 13.8. The average Bonchev–Trinajstić information content (AvgIpc) is 2.92. The van der Waals surface area contributed by atoms with Crippen LogP contribution in [-0.4, -0.2) is 26.9 Å². The molecule has 0 saturated carbocycles. The molecule has 0 spiro atoms. The second-order valence-electron chi connectivity index (χ2n) is 3.50. The molecule has 2 heterocycles. The molecule has 3 rings (SSSR count). The summed E-state index contributed by atoms with van der Waals surface area (Å²) in [4.78, 5) is 26.6. The lowest BCUT2D eigenvalue weighted by Crippen LogP contribution is -2.12. The van der Waals surface area contributed by atoms with Gasteiger partial charge in [-0.05, 0) is 23.9 Å². The van der Waals surface area contributed by atoms with E-state index in [1.807, 2.05) is 0 Å². The van der Waals surface area contributed by atoms with Gasteiger partial charge in [-0.2, -0.15) is 5.10 Å². The van der Waals surface area contributed by atoms with Crippen molar-refractivity contribution in [3.63, 3.8) is 0 Å². The maximum Gasteiger partial charge on any atom is 0.296 e. The standard InChI is InChI=1S/C10H5FN4O2S/c11-5-1-4-6(14-9(17)8(4)16)2-7(5)18-10-12-3-13-15-10/h1-3H,(H,12,13,15)(H,14,16,17). The summed E-state index contributed by atoms with van der Waals surface area (Å²) in [5, 5.41) is 9.02. The number of rotatable bonds is 2. The highest BCUT2D eigenvalue weighted by Gasteiger charge is 2.29. The number of carbonyl (C=O) groups excluding carboxylic acids is 2. The molecule has 2 N–H and O–H groups in total. The Morgan fingerprint density at radius 3 is 2.83 bits per heavy atom. The van der Waals surface area contributed by atoms with Gasteiger partial charge in [-0.3, -0.25) is 14.7 Å². The van der Waals surface area contributed by atoms with Crippen molar-refractivity contribution < 1.29 is 14.0 Å². The SMILES string of the molecule is O=C1Nc2cc(Sc3ncn[nH]3)c(F)cc2C1=O. The summed E-state index contributed by atoms with van der Waals surface area (Å²) in [5.74, 6) is -2.05. The Kier molecular flexibility index (Phi) is 2.37. The molecule has 1 aromatic carbocycles. The van der Waals surface area contributed by atoms with Crippen LogP contribution in [0.15, 0.2) is 28.5 Å². The number of nitrogens with zero attached hydrogens (tertiary/aromatic N) is 2. The van der Waals surface area contributed by atoms with Gasteiger partial charge in [0, 0.05) is 0 Å². The molecule has 0 saturated heterocycles. The quantitative estimate of drug-likeness (QED) is 0.796. The number of nitrogens with one attached hydrogen (secondary N) is 2. The van der Waals surface area contributed by atoms with E-state index in [0.29, 0.717) is 10.8 Å². The minimum absolute atomic E-state index is 0.0550. The van der Waals surface area contributed by atoms with Gasteiger partial charge in [0.2, 0.25) is 0 Å². The number of aromatic amines is 1. The number of benzene rings is 1. The van der Waals surface area contributed by atoms with Crippen molar-refractivity contribution in [3.05, 3.63) is 29.8 Å². The molecular weight excluding hydrogens is 259 g/mol. The van der Waals surface area contributed by atoms with Gasteiger partial charge < -0.3 is 5.32 Å². The zero-order valence-corrected chi connectivity index (χ0v) is 9.55. The molecule has 1 aromatic heterocycles. The maximum atomic E-state index is 13.8. The van der Waals surface area contributed by atoms with Gasteiger partial charge in [0.15, 0.2) is 5.16 Å². The lowest BCUT2D eigenvalue weighted by Gasteiger charge is -2.03. The Balaban J connectivity index is 2.01. The number of Topliss-reactive ketones (excluding diaryl/α,β-unsaturated/α-hetero) is 1. The van der Waals surface area contributed by atoms with Crippen LogP contribution in [0.1, 0.15) is 10.4 Å². The first kappa shape index (κ1) is 10.9. The number of anilines is 1. The molecule has 0 aliphatic carbocycles. The zero-order chi connectivity index (χ0) is 12.7. The number of hydrogen-bond donors (Lipinski definition) is 2. The lowest BCUT2D eigenvalue weighted by molar-refractivity contribution is -0.112. The Morgan fingerprint density at radius 1 is 1.28 bits per heavy atom. The fraction of sp³-hybridized carbons (Fsp3) is 0. The van der Waals surface area contributed by atoms with Gasteiger partial charge in [-0.15, -0.1) is 0 Å². The van der Waals surface area contributed by atoms with Gasteiger partial charge in [-0.25, -0.2) is 9.37 Å². The second-order valence-corrected chi connectivity index (χ2v) is 4.53. The molecule has 0 bridgehead atoms. The number of H-pyrrole nitrogens is 1. The monoisotopic (exact) mass is 264 g/mol. The van der Waals surface area contributed by atoms with Gasteiger partial charge in [0.05, 0.1) is 16.1 Å². The van der Waals surface area contributed by atoms with E-state index >= 15 is 0 Å². The van der Waals surface area contributed by atoms with Crippen molar-refractivity contribution in [2.75, 3.05) is 5.32 Å².